The molecule has 8 heteroatoms. The molecular weight excluding hydrogens is 420 g/mol. The van der Waals surface area contributed by atoms with Crippen molar-refractivity contribution in [1.82, 2.24) is 4.72 Å². The highest BCUT2D eigenvalue weighted by atomic mass is 35.5. The van der Waals surface area contributed by atoms with Crippen LogP contribution in [0.5, 0.6) is 0 Å². The number of rotatable bonds is 6. The van der Waals surface area contributed by atoms with Gasteiger partial charge >= 0.3 is 0 Å². The molecule has 0 aliphatic heterocycles. The normalized spacial score (nSPS) is 15.4. The Bertz CT molecular complexity index is 1030. The smallest absolute Gasteiger partial charge is 0.214 e. The highest BCUT2D eigenvalue weighted by Crippen LogP contribution is 2.32. The van der Waals surface area contributed by atoms with Crippen molar-refractivity contribution in [3.05, 3.63) is 58.1 Å². The topological polar surface area (TPSA) is 63.2 Å². The molecule has 0 unspecified atom stereocenters. The van der Waals surface area contributed by atoms with Gasteiger partial charge in [0.1, 0.15) is 11.6 Å². The highest BCUT2D eigenvalue weighted by molar-refractivity contribution is 7.90. The maximum atomic E-state index is 14.6. The summed E-state index contributed by atoms with van der Waals surface area (Å²) in [6.45, 7) is 0.949. The van der Waals surface area contributed by atoms with E-state index in [9.17, 15) is 22.0 Å². The van der Waals surface area contributed by atoms with Gasteiger partial charge in [-0.1, -0.05) is 43.0 Å². The van der Waals surface area contributed by atoms with Crippen LogP contribution in [0.4, 0.5) is 8.78 Å². The molecule has 4 nitrogen and oxygen atoms in total. The van der Waals surface area contributed by atoms with Crippen molar-refractivity contribution in [1.29, 1.82) is 0 Å². The Kier molecular flexibility index (Phi) is 6.71. The molecule has 1 N–H and O–H groups in total. The van der Waals surface area contributed by atoms with Crippen LogP contribution in [0, 0.1) is 18.6 Å². The maximum Gasteiger partial charge on any atom is 0.214 e. The first kappa shape index (κ1) is 21.9. The van der Waals surface area contributed by atoms with Crippen molar-refractivity contribution in [3.8, 4) is 11.1 Å². The number of Topliss-reactive ketones (excluding diaryl/α,β-unsaturated/α-hetero) is 1. The largest absolute Gasteiger partial charge is 0.293 e. The number of nitrogens with one attached hydrogen (secondary N) is 1. The summed E-state index contributed by atoms with van der Waals surface area (Å²) in [6, 6.07) is 6.99. The van der Waals surface area contributed by atoms with Crippen LogP contribution in [0.1, 0.15) is 48.0 Å². The van der Waals surface area contributed by atoms with E-state index >= 15 is 0 Å². The molecule has 156 valence electrons. The van der Waals surface area contributed by atoms with E-state index in [2.05, 4.69) is 4.72 Å². The summed E-state index contributed by atoms with van der Waals surface area (Å²) in [7, 11) is -3.65. The first-order valence-electron chi connectivity index (χ1n) is 9.47. The monoisotopic (exact) mass is 441 g/mol. The number of ketones is 1. The molecule has 1 aliphatic carbocycles. The number of halogens is 3. The van der Waals surface area contributed by atoms with Crippen LogP contribution < -0.4 is 4.72 Å². The fourth-order valence-corrected chi connectivity index (χ4v) is 5.37. The van der Waals surface area contributed by atoms with E-state index in [0.29, 0.717) is 24.0 Å². The first-order valence-corrected chi connectivity index (χ1v) is 11.4. The van der Waals surface area contributed by atoms with Crippen LogP contribution in [0.2, 0.25) is 5.02 Å². The van der Waals surface area contributed by atoms with E-state index in [1.165, 1.54) is 31.2 Å². The Morgan fingerprint density at radius 2 is 1.86 bits per heavy atom. The SMILES string of the molecule is Cc1cc(-c2cccc(F)c2Cl)cc(C(=O)CNS(=O)(=O)C2CCCCC2)c1F. The average molecular weight is 442 g/mol. The van der Waals surface area contributed by atoms with Gasteiger partial charge in [0.05, 0.1) is 22.4 Å². The molecule has 3 rings (SSSR count). The zero-order valence-corrected chi connectivity index (χ0v) is 17.5. The predicted octanol–water partition coefficient (Wildman–Crippen LogP) is 5.03. The Balaban J connectivity index is 1.85. The van der Waals surface area contributed by atoms with Gasteiger partial charge in [0.15, 0.2) is 5.78 Å². The van der Waals surface area contributed by atoms with Gasteiger partial charge in [-0.05, 0) is 49.1 Å². The van der Waals surface area contributed by atoms with Crippen LogP contribution in [0.15, 0.2) is 30.3 Å². The van der Waals surface area contributed by atoms with Crippen LogP contribution in [0.3, 0.4) is 0 Å². The molecule has 1 fully saturated rings. The molecule has 0 spiro atoms. The quantitative estimate of drug-likeness (QED) is 0.639. The lowest BCUT2D eigenvalue weighted by atomic mass is 9.97. The third-order valence-electron chi connectivity index (χ3n) is 5.24. The van der Waals surface area contributed by atoms with E-state index in [-0.39, 0.29) is 16.1 Å². The third kappa shape index (κ3) is 4.85. The first-order chi connectivity index (χ1) is 13.7. The highest BCUT2D eigenvalue weighted by Gasteiger charge is 2.28. The molecule has 1 aliphatic rings. The van der Waals surface area contributed by atoms with E-state index < -0.39 is 39.2 Å². The van der Waals surface area contributed by atoms with Crippen molar-refractivity contribution in [2.45, 2.75) is 44.3 Å². The lowest BCUT2D eigenvalue weighted by molar-refractivity contribution is 0.0993. The maximum absolute atomic E-state index is 14.6. The van der Waals surface area contributed by atoms with Gasteiger partial charge in [-0.2, -0.15) is 0 Å². The minimum absolute atomic E-state index is 0.130. The van der Waals surface area contributed by atoms with Crippen molar-refractivity contribution < 1.29 is 22.0 Å². The predicted molar refractivity (Wildman–Crippen MR) is 110 cm³/mol. The van der Waals surface area contributed by atoms with Gasteiger partial charge in [0.25, 0.3) is 0 Å². The molecule has 0 atom stereocenters. The van der Waals surface area contributed by atoms with E-state index in [0.717, 1.165) is 19.3 Å². The molecule has 0 aromatic heterocycles. The fourth-order valence-electron chi connectivity index (χ4n) is 3.61. The summed E-state index contributed by atoms with van der Waals surface area (Å²) in [5, 5.41) is -0.650. The van der Waals surface area contributed by atoms with Gasteiger partial charge in [-0.25, -0.2) is 21.9 Å². The second-order valence-electron chi connectivity index (χ2n) is 7.31. The zero-order chi connectivity index (χ0) is 21.2. The summed E-state index contributed by atoms with van der Waals surface area (Å²) in [5.74, 6) is -2.05. The number of benzene rings is 2. The summed E-state index contributed by atoms with van der Waals surface area (Å²) in [4.78, 5) is 12.6. The van der Waals surface area contributed by atoms with Gasteiger partial charge in [0, 0.05) is 5.56 Å². The average Bonchev–Trinajstić information content (AvgIpc) is 2.71. The number of carbonyl (C=O) groups excluding carboxylic acids is 1. The Morgan fingerprint density at radius 3 is 2.55 bits per heavy atom. The Morgan fingerprint density at radius 1 is 1.17 bits per heavy atom. The molecule has 2 aromatic carbocycles. The van der Waals surface area contributed by atoms with Crippen molar-refractivity contribution in [2.75, 3.05) is 6.54 Å². The van der Waals surface area contributed by atoms with Crippen molar-refractivity contribution in [2.24, 2.45) is 0 Å². The van der Waals surface area contributed by atoms with E-state index in [4.69, 9.17) is 11.6 Å². The second-order valence-corrected chi connectivity index (χ2v) is 9.73. The standard InChI is InChI=1S/C21H22ClF2NO3S/c1-13-10-14(16-8-5-9-18(23)20(16)22)11-17(21(13)24)19(26)12-25-29(27,28)15-6-3-2-4-7-15/h5,8-11,15,25H,2-4,6-7,12H2,1H3. The van der Waals surface area contributed by atoms with Crippen LogP contribution in [-0.2, 0) is 10.0 Å². The fraction of sp³-hybridized carbons (Fsp3) is 0.381. The number of carbonyl (C=O) groups is 1. The minimum Gasteiger partial charge on any atom is -0.293 e. The van der Waals surface area contributed by atoms with Gasteiger partial charge in [-0.15, -0.1) is 0 Å². The molecule has 0 saturated heterocycles. The van der Waals surface area contributed by atoms with Crippen LogP contribution in [0.25, 0.3) is 11.1 Å². The molecule has 0 bridgehead atoms. The van der Waals surface area contributed by atoms with Crippen molar-refractivity contribution >= 4 is 27.4 Å². The van der Waals surface area contributed by atoms with Gasteiger partial charge < -0.3 is 0 Å². The molecule has 0 heterocycles. The number of hydrogen-bond donors (Lipinski definition) is 1. The summed E-state index contributed by atoms with van der Waals surface area (Å²) >= 11 is 6.01. The summed E-state index contributed by atoms with van der Waals surface area (Å²) in [6.07, 6.45) is 3.80. The van der Waals surface area contributed by atoms with E-state index in [1.54, 1.807) is 6.07 Å². The number of sulfonamides is 1. The van der Waals surface area contributed by atoms with Crippen molar-refractivity contribution in [3.63, 3.8) is 0 Å². The number of aryl methyl sites for hydroxylation is 1. The summed E-state index contributed by atoms with van der Waals surface area (Å²) in [5.41, 5.74) is 0.631. The lowest BCUT2D eigenvalue weighted by Gasteiger charge is -2.21. The molecule has 0 radical (unpaired) electrons. The van der Waals surface area contributed by atoms with Gasteiger partial charge in [0.2, 0.25) is 10.0 Å². The molecule has 0 amide bonds. The molecule has 29 heavy (non-hydrogen) atoms. The second kappa shape index (κ2) is 8.90. The molecule has 1 saturated carbocycles. The van der Waals surface area contributed by atoms with E-state index in [1.807, 2.05) is 0 Å². The molecular formula is C21H22ClF2NO3S. The molecule has 2 aromatic rings. The Labute approximate surface area is 174 Å². The van der Waals surface area contributed by atoms with Crippen LogP contribution in [-0.4, -0.2) is 26.0 Å². The zero-order valence-electron chi connectivity index (χ0n) is 16.0. The van der Waals surface area contributed by atoms with Gasteiger partial charge in [-0.3, -0.25) is 4.79 Å². The third-order valence-corrected chi connectivity index (χ3v) is 7.52. The minimum atomic E-state index is -3.65. The Hall–Kier alpha value is -1.83. The number of hydrogen-bond acceptors (Lipinski definition) is 3. The summed E-state index contributed by atoms with van der Waals surface area (Å²) < 4.78 is 55.6. The van der Waals surface area contributed by atoms with Crippen LogP contribution >= 0.6 is 11.6 Å². The lowest BCUT2D eigenvalue weighted by Crippen LogP contribution is -2.38.